The molecule has 0 saturated heterocycles. The van der Waals surface area contributed by atoms with E-state index in [-0.39, 0.29) is 11.5 Å². The molecule has 0 aliphatic rings. The first kappa shape index (κ1) is 8.87. The van der Waals surface area contributed by atoms with Crippen LogP contribution in [0.4, 0.5) is 0 Å². The summed E-state index contributed by atoms with van der Waals surface area (Å²) in [5.41, 5.74) is 1.01. The van der Waals surface area contributed by atoms with E-state index in [2.05, 4.69) is 5.32 Å². The Balaban J connectivity index is 2.69. The first-order valence-corrected chi connectivity index (χ1v) is 3.89. The lowest BCUT2D eigenvalue weighted by Crippen LogP contribution is -2.09. The zero-order valence-electron chi connectivity index (χ0n) is 7.04. The van der Waals surface area contributed by atoms with Gasteiger partial charge in [-0.15, -0.1) is 0 Å². The molecule has 0 amide bonds. The van der Waals surface area contributed by atoms with Crippen LogP contribution in [0.2, 0.25) is 0 Å². The molecule has 0 heterocycles. The van der Waals surface area contributed by atoms with Crippen LogP contribution < -0.4 is 5.32 Å². The van der Waals surface area contributed by atoms with Crippen LogP contribution in [0.5, 0.6) is 11.5 Å². The van der Waals surface area contributed by atoms with Crippen molar-refractivity contribution in [1.29, 1.82) is 0 Å². The number of phenolic OH excluding ortho intramolecular Hbond substituents is 2. The van der Waals surface area contributed by atoms with Gasteiger partial charge in [0, 0.05) is 0 Å². The van der Waals surface area contributed by atoms with Gasteiger partial charge < -0.3 is 15.5 Å². The first-order valence-electron chi connectivity index (χ1n) is 3.89. The van der Waals surface area contributed by atoms with Crippen molar-refractivity contribution >= 4 is 0 Å². The fourth-order valence-corrected chi connectivity index (χ4v) is 0.994. The number of likely N-dealkylation sites (N-methyl/N-ethyl adjacent to an activating group) is 1. The number of benzene rings is 1. The van der Waals surface area contributed by atoms with Crippen molar-refractivity contribution in [2.75, 3.05) is 13.6 Å². The molecule has 3 nitrogen and oxygen atoms in total. The van der Waals surface area contributed by atoms with Gasteiger partial charge in [0.2, 0.25) is 0 Å². The molecule has 66 valence electrons. The summed E-state index contributed by atoms with van der Waals surface area (Å²) in [5, 5.41) is 21.1. The molecular weight excluding hydrogens is 153 g/mol. The van der Waals surface area contributed by atoms with E-state index in [1.807, 2.05) is 7.05 Å². The zero-order valence-corrected chi connectivity index (χ0v) is 7.04. The van der Waals surface area contributed by atoms with Gasteiger partial charge in [0.05, 0.1) is 0 Å². The highest BCUT2D eigenvalue weighted by Gasteiger charge is 1.99. The Hall–Kier alpha value is -1.22. The fourth-order valence-electron chi connectivity index (χ4n) is 0.994. The van der Waals surface area contributed by atoms with Crippen molar-refractivity contribution in [1.82, 2.24) is 5.32 Å². The van der Waals surface area contributed by atoms with E-state index in [1.165, 1.54) is 6.07 Å². The number of rotatable bonds is 3. The lowest BCUT2D eigenvalue weighted by molar-refractivity contribution is 0.403. The van der Waals surface area contributed by atoms with Crippen LogP contribution in [0.15, 0.2) is 18.2 Å². The standard InChI is InChI=1S/C9H13NO2/c1-10-5-4-7-2-3-8(11)9(12)6-7/h2-3,6,10-12H,4-5H2,1H3/i1-1. The monoisotopic (exact) mass is 166 g/mol. The molecule has 0 atom stereocenters. The molecule has 0 aliphatic heterocycles. The second-order valence-corrected chi connectivity index (χ2v) is 2.68. The minimum Gasteiger partial charge on any atom is -0.504 e. The molecule has 3 N–H and O–H groups in total. The summed E-state index contributed by atoms with van der Waals surface area (Å²) in [6.45, 7) is 0.865. The van der Waals surface area contributed by atoms with Crippen LogP contribution >= 0.6 is 0 Å². The highest BCUT2D eigenvalue weighted by molar-refractivity contribution is 5.40. The maximum atomic E-state index is 9.13. The number of nitrogens with one attached hydrogen (secondary N) is 1. The molecule has 0 unspecified atom stereocenters. The summed E-state index contributed by atoms with van der Waals surface area (Å²) in [4.78, 5) is 0. The molecule has 0 fully saturated rings. The summed E-state index contributed by atoms with van der Waals surface area (Å²) in [7, 11) is 1.88. The van der Waals surface area contributed by atoms with Crippen LogP contribution in [0.1, 0.15) is 5.56 Å². The molecule has 0 aromatic heterocycles. The number of hydrogen-bond donors (Lipinski definition) is 3. The maximum Gasteiger partial charge on any atom is 0.157 e. The van der Waals surface area contributed by atoms with Gasteiger partial charge >= 0.3 is 0 Å². The van der Waals surface area contributed by atoms with Crippen LogP contribution in [0.3, 0.4) is 0 Å². The smallest absolute Gasteiger partial charge is 0.157 e. The fraction of sp³-hybridized carbons (Fsp3) is 0.333. The largest absolute Gasteiger partial charge is 0.504 e. The second kappa shape index (κ2) is 3.97. The molecule has 0 aliphatic carbocycles. The van der Waals surface area contributed by atoms with Gasteiger partial charge in [-0.3, -0.25) is 0 Å². The van der Waals surface area contributed by atoms with Crippen molar-refractivity contribution in [2.45, 2.75) is 6.42 Å². The van der Waals surface area contributed by atoms with Gasteiger partial charge in [-0.05, 0) is 37.7 Å². The molecule has 1 aromatic rings. The summed E-state index contributed by atoms with van der Waals surface area (Å²) in [5.74, 6) is -0.119. The normalized spacial score (nSPS) is 10.1. The Morgan fingerprint density at radius 2 is 2.00 bits per heavy atom. The third-order valence-corrected chi connectivity index (χ3v) is 1.70. The lowest BCUT2D eigenvalue weighted by Gasteiger charge is -2.02. The summed E-state index contributed by atoms with van der Waals surface area (Å²) in [6.07, 6.45) is 0.852. The maximum absolute atomic E-state index is 9.13. The molecule has 1 aromatic carbocycles. The Morgan fingerprint density at radius 3 is 2.58 bits per heavy atom. The highest BCUT2D eigenvalue weighted by Crippen LogP contribution is 2.24. The molecule has 1 rings (SSSR count). The topological polar surface area (TPSA) is 52.5 Å². The van der Waals surface area contributed by atoms with E-state index in [0.717, 1.165) is 18.5 Å². The van der Waals surface area contributed by atoms with Crippen molar-refractivity contribution in [2.24, 2.45) is 0 Å². The molecule has 12 heavy (non-hydrogen) atoms. The molecule has 0 spiro atoms. The van der Waals surface area contributed by atoms with Gasteiger partial charge in [-0.2, -0.15) is 0 Å². The van der Waals surface area contributed by atoms with Gasteiger partial charge in [0.1, 0.15) is 0 Å². The summed E-state index contributed by atoms with van der Waals surface area (Å²) < 4.78 is 0. The van der Waals surface area contributed by atoms with Crippen molar-refractivity contribution in [3.63, 3.8) is 0 Å². The summed E-state index contributed by atoms with van der Waals surface area (Å²) in [6, 6.07) is 4.87. The number of phenols is 2. The van der Waals surface area contributed by atoms with Gasteiger partial charge in [0.15, 0.2) is 11.5 Å². The molecule has 0 radical (unpaired) electrons. The Morgan fingerprint density at radius 1 is 1.25 bits per heavy atom. The van der Waals surface area contributed by atoms with E-state index in [0.29, 0.717) is 0 Å². The predicted octanol–water partition coefficient (Wildman–Crippen LogP) is 0.860. The van der Waals surface area contributed by atoms with Gasteiger partial charge in [-0.1, -0.05) is 6.07 Å². The van der Waals surface area contributed by atoms with E-state index >= 15 is 0 Å². The first-order chi connectivity index (χ1) is 5.74. The van der Waals surface area contributed by atoms with E-state index < -0.39 is 0 Å². The van der Waals surface area contributed by atoms with Crippen LogP contribution in [0, 0.1) is 0 Å². The van der Waals surface area contributed by atoms with Crippen molar-refractivity contribution in [3.8, 4) is 11.5 Å². The van der Waals surface area contributed by atoms with Crippen LogP contribution in [-0.2, 0) is 6.42 Å². The summed E-state index contributed by atoms with van der Waals surface area (Å²) >= 11 is 0. The average molecular weight is 166 g/mol. The van der Waals surface area contributed by atoms with E-state index in [1.54, 1.807) is 12.1 Å². The van der Waals surface area contributed by atoms with Crippen LogP contribution in [0.25, 0.3) is 0 Å². The third kappa shape index (κ3) is 2.13. The van der Waals surface area contributed by atoms with E-state index in [9.17, 15) is 0 Å². The quantitative estimate of drug-likeness (QED) is 0.584. The van der Waals surface area contributed by atoms with Gasteiger partial charge in [0.25, 0.3) is 0 Å². The Kier molecular flexibility index (Phi) is 2.94. The lowest BCUT2D eigenvalue weighted by atomic mass is 10.1. The molecule has 0 saturated carbocycles. The van der Waals surface area contributed by atoms with Crippen molar-refractivity contribution < 1.29 is 10.2 Å². The van der Waals surface area contributed by atoms with Gasteiger partial charge in [-0.25, -0.2) is 0 Å². The predicted molar refractivity (Wildman–Crippen MR) is 47.4 cm³/mol. The average Bonchev–Trinajstić information content (AvgIpc) is 2.07. The third-order valence-electron chi connectivity index (χ3n) is 1.70. The minimum absolute atomic E-state index is 0.0522. The second-order valence-electron chi connectivity index (χ2n) is 2.68. The molecular formula is C9H13NO2. The van der Waals surface area contributed by atoms with E-state index in [4.69, 9.17) is 10.2 Å². The SMILES string of the molecule is [11CH3]NCCc1ccc(O)c(O)c1. The highest BCUT2D eigenvalue weighted by atomic mass is 16.3. The zero-order chi connectivity index (χ0) is 8.97. The number of hydrogen-bond acceptors (Lipinski definition) is 3. The van der Waals surface area contributed by atoms with Crippen LogP contribution in [-0.4, -0.2) is 23.8 Å². The Bertz CT molecular complexity index is 261. The molecule has 3 heteroatoms. The number of aromatic hydroxyl groups is 2. The Labute approximate surface area is 71.7 Å². The van der Waals surface area contributed by atoms with Crippen molar-refractivity contribution in [3.05, 3.63) is 23.8 Å². The minimum atomic E-state index is -0.0665. The molecule has 0 bridgehead atoms.